The summed E-state index contributed by atoms with van der Waals surface area (Å²) >= 11 is 1.70. The quantitative estimate of drug-likeness (QED) is 0.253. The van der Waals surface area contributed by atoms with E-state index in [1.54, 1.807) is 17.4 Å². The van der Waals surface area contributed by atoms with Crippen LogP contribution in [0.3, 0.4) is 0 Å². The highest BCUT2D eigenvalue weighted by Gasteiger charge is 2.63. The third-order valence-corrected chi connectivity index (χ3v) is 8.79. The van der Waals surface area contributed by atoms with Gasteiger partial charge in [-0.05, 0) is 57.6 Å². The summed E-state index contributed by atoms with van der Waals surface area (Å²) in [6.07, 6.45) is 8.48. The summed E-state index contributed by atoms with van der Waals surface area (Å²) in [7, 11) is 0. The summed E-state index contributed by atoms with van der Waals surface area (Å²) in [6.45, 7) is 8.87. The fourth-order valence-corrected chi connectivity index (χ4v) is 7.40. The highest BCUT2D eigenvalue weighted by molar-refractivity contribution is 7.17. The highest BCUT2D eigenvalue weighted by Crippen LogP contribution is 2.59. The van der Waals surface area contributed by atoms with Gasteiger partial charge in [0, 0.05) is 5.56 Å². The maximum atomic E-state index is 16.0. The van der Waals surface area contributed by atoms with E-state index in [1.165, 1.54) is 10.9 Å². The minimum atomic E-state index is -0.232. The predicted molar refractivity (Wildman–Crippen MR) is 126 cm³/mol. The van der Waals surface area contributed by atoms with Crippen LogP contribution in [-0.2, 0) is 11.0 Å². The van der Waals surface area contributed by atoms with Gasteiger partial charge in [-0.1, -0.05) is 58.0 Å². The Morgan fingerprint density at radius 3 is 2.61 bits per heavy atom. The van der Waals surface area contributed by atoms with Crippen molar-refractivity contribution in [2.75, 3.05) is 0 Å². The normalized spacial score (nSPS) is 23.7. The average Bonchev–Trinajstić information content (AvgIpc) is 3.19. The van der Waals surface area contributed by atoms with Gasteiger partial charge >= 0.3 is 0 Å². The monoisotopic (exact) mass is 429 g/mol. The molecule has 0 spiro atoms. The second kappa shape index (κ2) is 6.23. The molecule has 1 aliphatic heterocycles. The van der Waals surface area contributed by atoms with E-state index in [0.29, 0.717) is 5.92 Å². The van der Waals surface area contributed by atoms with Crippen LogP contribution < -0.4 is 4.57 Å². The molecule has 2 nitrogen and oxygen atoms in total. The molecule has 4 aromatic rings. The van der Waals surface area contributed by atoms with Crippen LogP contribution in [0.5, 0.6) is 0 Å². The van der Waals surface area contributed by atoms with Crippen LogP contribution in [0.2, 0.25) is 0 Å². The summed E-state index contributed by atoms with van der Waals surface area (Å²) in [5.74, 6) is 0.250. The predicted octanol–water partition coefficient (Wildman–Crippen LogP) is 7.00. The van der Waals surface area contributed by atoms with Gasteiger partial charge in [0.2, 0.25) is 5.52 Å². The van der Waals surface area contributed by atoms with Crippen LogP contribution in [-0.4, -0.2) is 4.98 Å². The van der Waals surface area contributed by atoms with Gasteiger partial charge < -0.3 is 0 Å². The summed E-state index contributed by atoms with van der Waals surface area (Å²) in [6, 6.07) is 9.99. The third-order valence-electron chi connectivity index (χ3n) is 7.80. The molecule has 0 radical (unpaired) electrons. The molecule has 2 aliphatic rings. The minimum absolute atomic E-state index is 0.132. The molecule has 2 aromatic carbocycles. The molecule has 4 heteroatoms. The zero-order valence-electron chi connectivity index (χ0n) is 18.4. The largest absolute Gasteiger partial charge is 0.288 e. The minimum Gasteiger partial charge on any atom is -0.218 e. The van der Waals surface area contributed by atoms with Crippen LogP contribution in [0.4, 0.5) is 4.39 Å². The number of nitrogens with zero attached hydrogens (tertiary/aromatic N) is 2. The molecular formula is C27H26FN2S+. The van der Waals surface area contributed by atoms with Gasteiger partial charge in [0.05, 0.1) is 11.0 Å². The van der Waals surface area contributed by atoms with Gasteiger partial charge in [0.1, 0.15) is 16.1 Å². The first-order valence-electron chi connectivity index (χ1n) is 11.2. The molecule has 3 heterocycles. The molecule has 1 aliphatic carbocycles. The first-order chi connectivity index (χ1) is 15.0. The maximum Gasteiger partial charge on any atom is 0.288 e. The molecule has 156 valence electrons. The van der Waals surface area contributed by atoms with Gasteiger partial charge in [-0.15, -0.1) is 11.3 Å². The zero-order chi connectivity index (χ0) is 21.5. The smallest absolute Gasteiger partial charge is 0.218 e. The Hall–Kier alpha value is -2.59. The fourth-order valence-electron chi connectivity index (χ4n) is 6.18. The number of benzene rings is 2. The van der Waals surface area contributed by atoms with E-state index in [-0.39, 0.29) is 16.8 Å². The van der Waals surface area contributed by atoms with Crippen molar-refractivity contribution in [3.63, 3.8) is 0 Å². The molecule has 0 fully saturated rings. The van der Waals surface area contributed by atoms with Crippen LogP contribution in [0.1, 0.15) is 57.6 Å². The number of hydrogen-bond donors (Lipinski definition) is 0. The molecule has 2 aromatic heterocycles. The Balaban J connectivity index is 1.86. The van der Waals surface area contributed by atoms with Crippen LogP contribution in [0.25, 0.3) is 32.2 Å². The maximum absolute atomic E-state index is 16.0. The SMILES string of the molecule is CCC12C=CC1(CC)[n+]1cnc3c(C(C)C)csc3c1-c1c(F)cc3ccccc3c12. The molecule has 6 rings (SSSR count). The fraction of sp³-hybridized carbons (Fsp3) is 0.333. The summed E-state index contributed by atoms with van der Waals surface area (Å²) in [4.78, 5) is 4.93. The first kappa shape index (κ1) is 19.1. The zero-order valence-corrected chi connectivity index (χ0v) is 19.2. The second-order valence-corrected chi connectivity index (χ2v) is 10.1. The van der Waals surface area contributed by atoms with E-state index in [9.17, 15) is 0 Å². The molecule has 31 heavy (non-hydrogen) atoms. The number of thiophene rings is 1. The van der Waals surface area contributed by atoms with Crippen LogP contribution in [0, 0.1) is 5.82 Å². The molecule has 2 unspecified atom stereocenters. The highest BCUT2D eigenvalue weighted by atomic mass is 32.1. The van der Waals surface area contributed by atoms with Crippen LogP contribution >= 0.6 is 11.3 Å². The van der Waals surface area contributed by atoms with Crippen molar-refractivity contribution in [3.05, 3.63) is 71.1 Å². The van der Waals surface area contributed by atoms with Gasteiger partial charge in [-0.3, -0.25) is 0 Å². The molecule has 0 saturated heterocycles. The molecular weight excluding hydrogens is 403 g/mol. The summed E-state index contributed by atoms with van der Waals surface area (Å²) < 4.78 is 19.4. The van der Waals surface area contributed by atoms with Crippen molar-refractivity contribution < 1.29 is 8.96 Å². The Kier molecular flexibility index (Phi) is 3.84. The van der Waals surface area contributed by atoms with Gasteiger partial charge in [0.15, 0.2) is 5.69 Å². The number of fused-ring (bicyclic) bond motifs is 10. The third kappa shape index (κ3) is 2.07. The lowest BCUT2D eigenvalue weighted by molar-refractivity contribution is -0.760. The molecule has 0 N–H and O–H groups in total. The summed E-state index contributed by atoms with van der Waals surface area (Å²) in [5, 5.41) is 4.35. The van der Waals surface area contributed by atoms with Gasteiger partial charge in [0.25, 0.3) is 6.33 Å². The molecule has 0 saturated carbocycles. The van der Waals surface area contributed by atoms with Gasteiger partial charge in [-0.25, -0.2) is 8.96 Å². The van der Waals surface area contributed by atoms with E-state index in [1.807, 2.05) is 18.5 Å². The number of rotatable bonds is 3. The Morgan fingerprint density at radius 1 is 1.13 bits per heavy atom. The van der Waals surface area contributed by atoms with Crippen molar-refractivity contribution in [1.29, 1.82) is 0 Å². The van der Waals surface area contributed by atoms with E-state index >= 15 is 4.39 Å². The number of aromatic nitrogens is 2. The number of hydrogen-bond acceptors (Lipinski definition) is 2. The Bertz CT molecular complexity index is 1420. The van der Waals surface area contributed by atoms with Crippen molar-refractivity contribution in [2.24, 2.45) is 0 Å². The van der Waals surface area contributed by atoms with E-state index in [4.69, 9.17) is 4.98 Å². The number of halogens is 1. The molecule has 2 atom stereocenters. The number of allylic oxidation sites excluding steroid dienone is 2. The molecule has 0 amide bonds. The van der Waals surface area contributed by atoms with Crippen LogP contribution in [0.15, 0.2) is 54.2 Å². The Morgan fingerprint density at radius 2 is 1.94 bits per heavy atom. The topological polar surface area (TPSA) is 16.8 Å². The second-order valence-electron chi connectivity index (χ2n) is 9.25. The van der Waals surface area contributed by atoms with Crippen molar-refractivity contribution in [2.45, 2.75) is 57.4 Å². The van der Waals surface area contributed by atoms with Crippen molar-refractivity contribution in [1.82, 2.24) is 4.98 Å². The van der Waals surface area contributed by atoms with Crippen molar-refractivity contribution in [3.8, 4) is 11.3 Å². The molecule has 0 bridgehead atoms. The lowest BCUT2D eigenvalue weighted by Gasteiger charge is -2.55. The van der Waals surface area contributed by atoms with Gasteiger partial charge in [-0.2, -0.15) is 0 Å². The van der Waals surface area contributed by atoms with Crippen molar-refractivity contribution >= 4 is 32.3 Å². The lowest BCUT2D eigenvalue weighted by Crippen LogP contribution is -2.72. The summed E-state index contributed by atoms with van der Waals surface area (Å²) in [5.41, 5.74) is 4.72. The van der Waals surface area contributed by atoms with E-state index in [0.717, 1.165) is 45.3 Å². The average molecular weight is 430 g/mol. The standard InChI is InChI=1S/C27H26FN2S/c1-5-26-11-12-27(26,6-2)30-15-29-23-19(16(3)4)14-31-25(23)24(30)21-20(28)13-17-9-7-8-10-18(17)22(21)26/h7-16H,5-6H2,1-4H3/q+1. The van der Waals surface area contributed by atoms with E-state index in [2.05, 4.69) is 61.9 Å². The first-order valence-corrected chi connectivity index (χ1v) is 12.1. The van der Waals surface area contributed by atoms with E-state index < -0.39 is 0 Å². The Labute approximate surface area is 186 Å². The lowest BCUT2D eigenvalue weighted by atomic mass is 9.52.